The summed E-state index contributed by atoms with van der Waals surface area (Å²) in [7, 11) is 4.66. The molecule has 2 heterocycles. The van der Waals surface area contributed by atoms with E-state index in [1.807, 2.05) is 30.3 Å². The van der Waals surface area contributed by atoms with Gasteiger partial charge in [-0.1, -0.05) is 30.3 Å². The first kappa shape index (κ1) is 16.0. The Morgan fingerprint density at radius 3 is 2.46 bits per heavy atom. The Labute approximate surface area is 137 Å². The van der Waals surface area contributed by atoms with Gasteiger partial charge in [0.25, 0.3) is 5.56 Å². The van der Waals surface area contributed by atoms with Crippen molar-refractivity contribution in [3.63, 3.8) is 0 Å². The van der Waals surface area contributed by atoms with E-state index in [1.54, 1.807) is 18.7 Å². The zero-order valence-corrected chi connectivity index (χ0v) is 13.7. The summed E-state index contributed by atoms with van der Waals surface area (Å²) in [5.74, 6) is 0.415. The minimum atomic E-state index is -0.808. The Balaban J connectivity index is 2.20. The van der Waals surface area contributed by atoms with Crippen LogP contribution in [0.15, 0.2) is 39.9 Å². The van der Waals surface area contributed by atoms with Crippen molar-refractivity contribution in [1.82, 2.24) is 18.7 Å². The molecule has 0 aliphatic rings. The Morgan fingerprint density at radius 1 is 1.17 bits per heavy atom. The van der Waals surface area contributed by atoms with Gasteiger partial charge < -0.3 is 15.0 Å². The molecule has 1 atom stereocenters. The van der Waals surface area contributed by atoms with Gasteiger partial charge in [0, 0.05) is 21.1 Å². The van der Waals surface area contributed by atoms with Gasteiger partial charge in [-0.05, 0) is 5.56 Å². The summed E-state index contributed by atoms with van der Waals surface area (Å²) >= 11 is 0. The van der Waals surface area contributed by atoms with E-state index in [1.165, 1.54) is 11.6 Å². The number of fused-ring (bicyclic) bond motifs is 1. The van der Waals surface area contributed by atoms with Crippen molar-refractivity contribution in [2.45, 2.75) is 12.6 Å². The van der Waals surface area contributed by atoms with Gasteiger partial charge in [-0.15, -0.1) is 0 Å². The Bertz CT molecular complexity index is 1000. The molecule has 3 aromatic rings. The highest BCUT2D eigenvalue weighted by molar-refractivity contribution is 5.74. The minimum Gasteiger partial charge on any atom is -0.387 e. The third kappa shape index (κ3) is 2.41. The number of hydrogen-bond donors (Lipinski definition) is 2. The van der Waals surface area contributed by atoms with Crippen molar-refractivity contribution in [2.24, 2.45) is 14.1 Å². The fourth-order valence-electron chi connectivity index (χ4n) is 2.77. The van der Waals surface area contributed by atoms with Crippen LogP contribution in [0.25, 0.3) is 11.2 Å². The van der Waals surface area contributed by atoms with Crippen molar-refractivity contribution >= 4 is 17.1 Å². The predicted molar refractivity (Wildman–Crippen MR) is 91.2 cm³/mol. The molecule has 126 valence electrons. The normalized spacial score (nSPS) is 12.5. The number of imidazole rings is 1. The molecule has 8 heteroatoms. The quantitative estimate of drug-likeness (QED) is 0.713. The second-order valence-electron chi connectivity index (χ2n) is 5.60. The van der Waals surface area contributed by atoms with Gasteiger partial charge in [0.05, 0.1) is 12.6 Å². The molecule has 0 spiro atoms. The van der Waals surface area contributed by atoms with Crippen molar-refractivity contribution in [2.75, 3.05) is 12.4 Å². The summed E-state index contributed by atoms with van der Waals surface area (Å²) in [5.41, 5.74) is 0.417. The van der Waals surface area contributed by atoms with Gasteiger partial charge in [-0.3, -0.25) is 13.9 Å². The van der Waals surface area contributed by atoms with Crippen LogP contribution in [0.2, 0.25) is 0 Å². The maximum absolute atomic E-state index is 12.5. The highest BCUT2D eigenvalue weighted by atomic mass is 16.3. The highest BCUT2D eigenvalue weighted by Crippen LogP contribution is 2.21. The molecule has 0 aliphatic heterocycles. The van der Waals surface area contributed by atoms with E-state index in [4.69, 9.17) is 0 Å². The monoisotopic (exact) mass is 329 g/mol. The second-order valence-corrected chi connectivity index (χ2v) is 5.60. The lowest BCUT2D eigenvalue weighted by Crippen LogP contribution is -2.37. The van der Waals surface area contributed by atoms with Crippen molar-refractivity contribution in [3.8, 4) is 0 Å². The molecule has 0 aliphatic carbocycles. The van der Waals surface area contributed by atoms with Gasteiger partial charge in [0.2, 0.25) is 5.95 Å². The molecule has 0 radical (unpaired) electrons. The summed E-state index contributed by atoms with van der Waals surface area (Å²) in [6, 6.07) is 9.18. The number of nitrogens with zero attached hydrogens (tertiary/aromatic N) is 4. The topological polar surface area (TPSA) is 94.1 Å². The van der Waals surface area contributed by atoms with Crippen LogP contribution in [0, 0.1) is 0 Å². The smallest absolute Gasteiger partial charge is 0.332 e. The lowest BCUT2D eigenvalue weighted by Gasteiger charge is -2.14. The molecule has 2 aromatic heterocycles. The Kier molecular flexibility index (Phi) is 3.98. The van der Waals surface area contributed by atoms with E-state index in [-0.39, 0.29) is 17.7 Å². The fourth-order valence-corrected chi connectivity index (χ4v) is 2.77. The molecule has 3 rings (SSSR count). The van der Waals surface area contributed by atoms with Gasteiger partial charge >= 0.3 is 5.69 Å². The van der Waals surface area contributed by atoms with E-state index in [9.17, 15) is 14.7 Å². The average Bonchev–Trinajstić information content (AvgIpc) is 2.97. The fraction of sp³-hybridized carbons (Fsp3) is 0.312. The van der Waals surface area contributed by atoms with Gasteiger partial charge in [-0.2, -0.15) is 4.98 Å². The van der Waals surface area contributed by atoms with E-state index in [2.05, 4.69) is 10.3 Å². The van der Waals surface area contributed by atoms with Crippen LogP contribution in [0.4, 0.5) is 5.95 Å². The van der Waals surface area contributed by atoms with Crippen molar-refractivity contribution in [3.05, 3.63) is 56.7 Å². The number of aryl methyl sites for hydroxylation is 1. The molecule has 1 aromatic carbocycles. The van der Waals surface area contributed by atoms with Crippen LogP contribution in [0.1, 0.15) is 11.7 Å². The standard InChI is InChI=1S/C16H19N5O3/c1-17-15-18-13-12(14(23)20(3)16(24)19(13)2)21(15)9-11(22)10-7-5-4-6-8-10/h4-8,11,22H,9H2,1-3H3,(H,17,18)/t11-/m0/s1. The number of aliphatic hydroxyl groups is 1. The minimum absolute atomic E-state index is 0.143. The van der Waals surface area contributed by atoms with Crippen molar-refractivity contribution < 1.29 is 5.11 Å². The number of hydrogen-bond acceptors (Lipinski definition) is 5. The van der Waals surface area contributed by atoms with Crippen LogP contribution in [-0.4, -0.2) is 30.8 Å². The summed E-state index contributed by atoms with van der Waals surface area (Å²) in [6.45, 7) is 0.143. The first-order valence-corrected chi connectivity index (χ1v) is 7.52. The first-order chi connectivity index (χ1) is 11.5. The lowest BCUT2D eigenvalue weighted by molar-refractivity contribution is 0.158. The van der Waals surface area contributed by atoms with E-state index in [0.29, 0.717) is 5.95 Å². The number of anilines is 1. The van der Waals surface area contributed by atoms with Crippen LogP contribution in [0.3, 0.4) is 0 Å². The molecular formula is C16H19N5O3. The molecule has 0 bridgehead atoms. The van der Waals surface area contributed by atoms with E-state index in [0.717, 1.165) is 10.1 Å². The number of aromatic nitrogens is 4. The number of nitrogens with one attached hydrogen (secondary N) is 1. The first-order valence-electron chi connectivity index (χ1n) is 7.52. The Hall–Kier alpha value is -2.87. The van der Waals surface area contributed by atoms with Gasteiger partial charge in [-0.25, -0.2) is 4.79 Å². The molecule has 24 heavy (non-hydrogen) atoms. The molecule has 0 saturated carbocycles. The zero-order valence-electron chi connectivity index (χ0n) is 13.7. The van der Waals surface area contributed by atoms with E-state index >= 15 is 0 Å². The molecule has 8 nitrogen and oxygen atoms in total. The molecule has 0 amide bonds. The summed E-state index contributed by atoms with van der Waals surface area (Å²) in [4.78, 5) is 28.9. The van der Waals surface area contributed by atoms with Crippen LogP contribution in [-0.2, 0) is 20.6 Å². The van der Waals surface area contributed by atoms with Gasteiger partial charge in [0.15, 0.2) is 11.2 Å². The highest BCUT2D eigenvalue weighted by Gasteiger charge is 2.20. The number of aliphatic hydroxyl groups excluding tert-OH is 1. The largest absolute Gasteiger partial charge is 0.387 e. The van der Waals surface area contributed by atoms with Crippen LogP contribution >= 0.6 is 0 Å². The maximum atomic E-state index is 12.5. The second kappa shape index (κ2) is 5.97. The maximum Gasteiger partial charge on any atom is 0.332 e. The third-order valence-corrected chi connectivity index (χ3v) is 4.11. The van der Waals surface area contributed by atoms with Gasteiger partial charge in [0.1, 0.15) is 0 Å². The van der Waals surface area contributed by atoms with Crippen LogP contribution < -0.4 is 16.6 Å². The van der Waals surface area contributed by atoms with E-state index < -0.39 is 17.4 Å². The average molecular weight is 329 g/mol. The predicted octanol–water partition coefficient (Wildman–Crippen LogP) is 0.209. The van der Waals surface area contributed by atoms with Crippen LogP contribution in [0.5, 0.6) is 0 Å². The number of benzene rings is 1. The number of rotatable bonds is 4. The molecule has 0 unspecified atom stereocenters. The molecular weight excluding hydrogens is 310 g/mol. The van der Waals surface area contributed by atoms with Crippen molar-refractivity contribution in [1.29, 1.82) is 0 Å². The zero-order chi connectivity index (χ0) is 17.4. The SMILES string of the molecule is CNc1nc2c(c(=O)n(C)c(=O)n2C)n1C[C@H](O)c1ccccc1. The summed E-state index contributed by atoms with van der Waals surface area (Å²) in [6.07, 6.45) is -0.808. The lowest BCUT2D eigenvalue weighted by atomic mass is 10.1. The summed E-state index contributed by atoms with van der Waals surface area (Å²) in [5, 5.41) is 13.4. The molecule has 2 N–H and O–H groups in total. The molecule has 0 saturated heterocycles. The molecule has 0 fully saturated rings. The Morgan fingerprint density at radius 2 is 1.83 bits per heavy atom. The summed E-state index contributed by atoms with van der Waals surface area (Å²) < 4.78 is 3.96. The third-order valence-electron chi connectivity index (χ3n) is 4.11.